The molecule has 15 heavy (non-hydrogen) atoms. The first-order valence-electron chi connectivity index (χ1n) is 6.03. The molecule has 1 N–H and O–H groups in total. The second kappa shape index (κ2) is 4.44. The lowest BCUT2D eigenvalue weighted by molar-refractivity contribution is -0.127. The van der Waals surface area contributed by atoms with Crippen LogP contribution in [-0.2, 0) is 4.79 Å². The third-order valence-electron chi connectivity index (χ3n) is 3.97. The Hall–Kier alpha value is -0.0500. The third kappa shape index (κ3) is 2.55. The SMILES string of the molecule is CC1(C(=O)NC2CCCCC2CBr)CC1. The van der Waals surface area contributed by atoms with Crippen molar-refractivity contribution < 1.29 is 4.79 Å². The number of carbonyl (C=O) groups excluding carboxylic acids is 1. The zero-order valence-corrected chi connectivity index (χ0v) is 11.0. The van der Waals surface area contributed by atoms with E-state index in [1.54, 1.807) is 0 Å². The van der Waals surface area contributed by atoms with Crippen LogP contribution in [0.4, 0.5) is 0 Å². The number of alkyl halides is 1. The minimum Gasteiger partial charge on any atom is -0.353 e. The van der Waals surface area contributed by atoms with Crippen LogP contribution in [0.5, 0.6) is 0 Å². The van der Waals surface area contributed by atoms with Crippen molar-refractivity contribution in [3.05, 3.63) is 0 Å². The molecule has 0 heterocycles. The first kappa shape index (κ1) is 11.4. The highest BCUT2D eigenvalue weighted by molar-refractivity contribution is 9.09. The summed E-state index contributed by atoms with van der Waals surface area (Å²) >= 11 is 3.56. The summed E-state index contributed by atoms with van der Waals surface area (Å²) in [6.07, 6.45) is 7.16. The molecule has 86 valence electrons. The molecule has 2 unspecified atom stereocenters. The van der Waals surface area contributed by atoms with Crippen molar-refractivity contribution in [2.75, 3.05) is 5.33 Å². The highest BCUT2D eigenvalue weighted by atomic mass is 79.9. The maximum absolute atomic E-state index is 11.9. The minimum atomic E-state index is -0.0195. The lowest BCUT2D eigenvalue weighted by Gasteiger charge is -2.31. The number of carbonyl (C=O) groups is 1. The van der Waals surface area contributed by atoms with E-state index in [0.29, 0.717) is 17.9 Å². The zero-order valence-electron chi connectivity index (χ0n) is 9.39. The quantitative estimate of drug-likeness (QED) is 0.788. The summed E-state index contributed by atoms with van der Waals surface area (Å²) in [5, 5.41) is 4.28. The van der Waals surface area contributed by atoms with E-state index in [9.17, 15) is 4.79 Å². The molecular weight excluding hydrogens is 254 g/mol. The average Bonchev–Trinajstić information content (AvgIpc) is 2.99. The molecule has 0 radical (unpaired) electrons. The Balaban J connectivity index is 1.88. The lowest BCUT2D eigenvalue weighted by Crippen LogP contribution is -2.45. The van der Waals surface area contributed by atoms with Gasteiger partial charge in [0.2, 0.25) is 5.91 Å². The average molecular weight is 274 g/mol. The van der Waals surface area contributed by atoms with Crippen molar-refractivity contribution in [2.45, 2.75) is 51.5 Å². The summed E-state index contributed by atoms with van der Waals surface area (Å²) < 4.78 is 0. The van der Waals surface area contributed by atoms with Gasteiger partial charge in [0, 0.05) is 16.8 Å². The molecule has 0 bridgehead atoms. The molecule has 2 nitrogen and oxygen atoms in total. The van der Waals surface area contributed by atoms with Crippen LogP contribution in [0.25, 0.3) is 0 Å². The van der Waals surface area contributed by atoms with Crippen molar-refractivity contribution in [3.63, 3.8) is 0 Å². The highest BCUT2D eigenvalue weighted by Gasteiger charge is 2.45. The predicted molar refractivity (Wildman–Crippen MR) is 65.0 cm³/mol. The summed E-state index contributed by atoms with van der Waals surface area (Å²) in [6, 6.07) is 0.419. The van der Waals surface area contributed by atoms with E-state index < -0.39 is 0 Å². The highest BCUT2D eigenvalue weighted by Crippen LogP contribution is 2.45. The van der Waals surface area contributed by atoms with Gasteiger partial charge >= 0.3 is 0 Å². The summed E-state index contributed by atoms with van der Waals surface area (Å²) in [5.74, 6) is 0.936. The number of halogens is 1. The normalized spacial score (nSPS) is 33.5. The van der Waals surface area contributed by atoms with Crippen molar-refractivity contribution in [1.29, 1.82) is 0 Å². The summed E-state index contributed by atoms with van der Waals surface area (Å²) in [4.78, 5) is 11.9. The van der Waals surface area contributed by atoms with Crippen LogP contribution in [0.2, 0.25) is 0 Å². The van der Waals surface area contributed by atoms with Gasteiger partial charge in [-0.1, -0.05) is 35.7 Å². The number of amides is 1. The molecule has 2 aliphatic rings. The first-order valence-corrected chi connectivity index (χ1v) is 7.15. The number of hydrogen-bond donors (Lipinski definition) is 1. The Morgan fingerprint density at radius 2 is 2.07 bits per heavy atom. The van der Waals surface area contributed by atoms with Crippen LogP contribution >= 0.6 is 15.9 Å². The van der Waals surface area contributed by atoms with Gasteiger partial charge in [-0.25, -0.2) is 0 Å². The Kier molecular flexibility index (Phi) is 3.39. The fourth-order valence-corrected chi connectivity index (χ4v) is 3.11. The number of hydrogen-bond acceptors (Lipinski definition) is 1. The topological polar surface area (TPSA) is 29.1 Å². The molecule has 0 spiro atoms. The smallest absolute Gasteiger partial charge is 0.226 e. The van der Waals surface area contributed by atoms with Crippen molar-refractivity contribution in [3.8, 4) is 0 Å². The lowest BCUT2D eigenvalue weighted by atomic mass is 9.85. The van der Waals surface area contributed by atoms with Gasteiger partial charge in [-0.2, -0.15) is 0 Å². The molecule has 2 saturated carbocycles. The standard InChI is InChI=1S/C12H20BrNO/c1-12(6-7-12)11(15)14-10-5-3-2-4-9(10)8-13/h9-10H,2-8H2,1H3,(H,14,15). The van der Waals surface area contributed by atoms with E-state index in [1.807, 2.05) is 0 Å². The van der Waals surface area contributed by atoms with Gasteiger partial charge in [-0.15, -0.1) is 0 Å². The molecule has 0 saturated heterocycles. The maximum atomic E-state index is 11.9. The van der Waals surface area contributed by atoms with Crippen LogP contribution in [0, 0.1) is 11.3 Å². The van der Waals surface area contributed by atoms with E-state index in [1.165, 1.54) is 19.3 Å². The molecule has 2 atom stereocenters. The number of nitrogens with one attached hydrogen (secondary N) is 1. The van der Waals surface area contributed by atoms with Gasteiger partial charge < -0.3 is 5.32 Å². The fraction of sp³-hybridized carbons (Fsp3) is 0.917. The van der Waals surface area contributed by atoms with E-state index in [2.05, 4.69) is 28.2 Å². The molecule has 1 amide bonds. The Morgan fingerprint density at radius 3 is 2.67 bits per heavy atom. The van der Waals surface area contributed by atoms with Crippen LogP contribution in [0.15, 0.2) is 0 Å². The molecular formula is C12H20BrNO. The van der Waals surface area contributed by atoms with Crippen molar-refractivity contribution in [1.82, 2.24) is 5.32 Å². The van der Waals surface area contributed by atoms with Crippen molar-refractivity contribution in [2.24, 2.45) is 11.3 Å². The molecule has 2 aliphatic carbocycles. The van der Waals surface area contributed by atoms with Crippen LogP contribution < -0.4 is 5.32 Å². The van der Waals surface area contributed by atoms with Crippen LogP contribution in [-0.4, -0.2) is 17.3 Å². The van der Waals surface area contributed by atoms with Gasteiger partial charge in [-0.3, -0.25) is 4.79 Å². The molecule has 3 heteroatoms. The molecule has 0 aromatic carbocycles. The summed E-state index contributed by atoms with van der Waals surface area (Å²) in [5.41, 5.74) is -0.0195. The van der Waals surface area contributed by atoms with Crippen molar-refractivity contribution >= 4 is 21.8 Å². The van der Waals surface area contributed by atoms with Gasteiger partial charge in [0.1, 0.15) is 0 Å². The Bertz CT molecular complexity index is 250. The van der Waals surface area contributed by atoms with E-state index in [4.69, 9.17) is 0 Å². The minimum absolute atomic E-state index is 0.0195. The summed E-state index contributed by atoms with van der Waals surface area (Å²) in [7, 11) is 0. The number of rotatable bonds is 3. The summed E-state index contributed by atoms with van der Waals surface area (Å²) in [6.45, 7) is 2.08. The Morgan fingerprint density at radius 1 is 1.40 bits per heavy atom. The van der Waals surface area contributed by atoms with E-state index >= 15 is 0 Å². The first-order chi connectivity index (χ1) is 7.15. The molecule has 2 rings (SSSR count). The van der Waals surface area contributed by atoms with Gasteiger partial charge in [0.05, 0.1) is 0 Å². The largest absolute Gasteiger partial charge is 0.353 e. The monoisotopic (exact) mass is 273 g/mol. The Labute approximate surface area is 100 Å². The second-order valence-electron chi connectivity index (χ2n) is 5.34. The van der Waals surface area contributed by atoms with E-state index in [-0.39, 0.29) is 5.41 Å². The zero-order chi connectivity index (χ0) is 10.9. The van der Waals surface area contributed by atoms with Gasteiger partial charge in [0.25, 0.3) is 0 Å². The maximum Gasteiger partial charge on any atom is 0.226 e. The molecule has 0 aromatic heterocycles. The predicted octanol–water partition coefficient (Wildman–Crippen LogP) is 2.86. The fourth-order valence-electron chi connectivity index (χ4n) is 2.34. The second-order valence-corrected chi connectivity index (χ2v) is 5.99. The molecule has 0 aromatic rings. The molecule has 0 aliphatic heterocycles. The van der Waals surface area contributed by atoms with Gasteiger partial charge in [-0.05, 0) is 31.6 Å². The van der Waals surface area contributed by atoms with Crippen LogP contribution in [0.1, 0.15) is 45.4 Å². The van der Waals surface area contributed by atoms with Crippen LogP contribution in [0.3, 0.4) is 0 Å². The van der Waals surface area contributed by atoms with Gasteiger partial charge in [0.15, 0.2) is 0 Å². The van der Waals surface area contributed by atoms with E-state index in [0.717, 1.165) is 24.6 Å². The third-order valence-corrected chi connectivity index (χ3v) is 4.80. The molecule has 2 fully saturated rings.